The van der Waals surface area contributed by atoms with Gasteiger partial charge in [-0.2, -0.15) is 11.8 Å². The normalized spacial score (nSPS) is 11.2. The van der Waals surface area contributed by atoms with Crippen molar-refractivity contribution in [3.63, 3.8) is 0 Å². The number of carbonyl (C=O) groups is 1. The zero-order valence-corrected chi connectivity index (χ0v) is 19.3. The first-order chi connectivity index (χ1) is 15.3. The highest BCUT2D eigenvalue weighted by Gasteiger charge is 2.18. The molecule has 0 bridgehead atoms. The largest absolute Gasteiger partial charge is 0.351 e. The average Bonchev–Trinajstić information content (AvgIpc) is 2.78. The third kappa shape index (κ3) is 7.10. The molecule has 0 heterocycles. The molecule has 0 aliphatic carbocycles. The molecule has 0 unspecified atom stereocenters. The summed E-state index contributed by atoms with van der Waals surface area (Å²) in [6.45, 7) is 0.613. The third-order valence-corrected chi connectivity index (χ3v) is 6.87. The van der Waals surface area contributed by atoms with Gasteiger partial charge in [-0.1, -0.05) is 42.5 Å². The molecule has 3 aromatic rings. The molecular formula is C24H25FN2O3S2. The summed E-state index contributed by atoms with van der Waals surface area (Å²) < 4.78 is 39.0. The molecule has 0 saturated carbocycles. The highest BCUT2D eigenvalue weighted by atomic mass is 32.2. The second-order valence-electron chi connectivity index (χ2n) is 7.24. The van der Waals surface area contributed by atoms with E-state index in [-0.39, 0.29) is 18.3 Å². The Morgan fingerprint density at radius 2 is 1.59 bits per heavy atom. The van der Waals surface area contributed by atoms with Crippen LogP contribution in [0.1, 0.15) is 21.5 Å². The van der Waals surface area contributed by atoms with Gasteiger partial charge in [0.25, 0.3) is 5.91 Å². The van der Waals surface area contributed by atoms with Crippen molar-refractivity contribution in [2.45, 2.75) is 12.3 Å². The summed E-state index contributed by atoms with van der Waals surface area (Å²) in [7, 11) is -3.57. The van der Waals surface area contributed by atoms with Gasteiger partial charge in [0, 0.05) is 23.6 Å². The van der Waals surface area contributed by atoms with Crippen LogP contribution in [0.4, 0.5) is 10.1 Å². The molecular weight excluding hydrogens is 447 g/mol. The Balaban J connectivity index is 1.55. The first-order valence-corrected chi connectivity index (χ1v) is 13.1. The molecule has 0 aliphatic rings. The number of carbonyl (C=O) groups excluding carboxylic acids is 1. The number of thioether (sulfide) groups is 1. The predicted octanol–water partition coefficient (Wildman–Crippen LogP) is 4.46. The van der Waals surface area contributed by atoms with Crippen molar-refractivity contribution in [1.29, 1.82) is 0 Å². The molecule has 0 saturated heterocycles. The molecule has 5 nitrogen and oxygen atoms in total. The standard InChI is InChI=1S/C24H25FN2O3S2/c1-32(29,30)27(17-19-7-11-22(25)12-8-19)23-13-9-21(10-14-23)24(28)26-15-16-31-18-20-5-3-2-4-6-20/h2-14H,15-18H2,1H3,(H,26,28). The SMILES string of the molecule is CS(=O)(=O)N(Cc1ccc(F)cc1)c1ccc(C(=O)NCCSCc2ccccc2)cc1. The number of benzene rings is 3. The minimum atomic E-state index is -3.57. The lowest BCUT2D eigenvalue weighted by Crippen LogP contribution is -2.29. The van der Waals surface area contributed by atoms with Gasteiger partial charge in [0.1, 0.15) is 5.82 Å². The van der Waals surface area contributed by atoms with Crippen molar-refractivity contribution in [2.24, 2.45) is 0 Å². The molecule has 1 amide bonds. The van der Waals surface area contributed by atoms with Gasteiger partial charge in [0.2, 0.25) is 10.0 Å². The lowest BCUT2D eigenvalue weighted by atomic mass is 10.1. The van der Waals surface area contributed by atoms with Crippen LogP contribution in [0.3, 0.4) is 0 Å². The zero-order chi connectivity index (χ0) is 23.0. The Kier molecular flexibility index (Phi) is 8.30. The van der Waals surface area contributed by atoms with Crippen molar-refractivity contribution in [3.05, 3.63) is 101 Å². The number of rotatable bonds is 10. The van der Waals surface area contributed by atoms with Crippen LogP contribution in [0.15, 0.2) is 78.9 Å². The summed E-state index contributed by atoms with van der Waals surface area (Å²) in [6.07, 6.45) is 1.12. The van der Waals surface area contributed by atoms with E-state index in [2.05, 4.69) is 17.4 Å². The molecule has 168 valence electrons. The van der Waals surface area contributed by atoms with E-state index < -0.39 is 10.0 Å². The second kappa shape index (κ2) is 11.2. The molecule has 0 fully saturated rings. The van der Waals surface area contributed by atoms with Crippen LogP contribution in [-0.2, 0) is 22.3 Å². The lowest BCUT2D eigenvalue weighted by molar-refractivity contribution is 0.0956. The molecule has 0 atom stereocenters. The van der Waals surface area contributed by atoms with E-state index in [0.717, 1.165) is 17.8 Å². The van der Waals surface area contributed by atoms with Crippen molar-refractivity contribution in [2.75, 3.05) is 22.9 Å². The number of sulfonamides is 1. The Labute approximate surface area is 192 Å². The number of halogens is 1. The van der Waals surface area contributed by atoms with Crippen LogP contribution >= 0.6 is 11.8 Å². The van der Waals surface area contributed by atoms with Crippen molar-refractivity contribution < 1.29 is 17.6 Å². The Morgan fingerprint density at radius 1 is 0.938 bits per heavy atom. The minimum absolute atomic E-state index is 0.0727. The quantitative estimate of drug-likeness (QED) is 0.443. The van der Waals surface area contributed by atoms with E-state index >= 15 is 0 Å². The Bertz CT molecular complexity index is 1120. The van der Waals surface area contributed by atoms with Gasteiger partial charge in [-0.3, -0.25) is 9.10 Å². The summed E-state index contributed by atoms with van der Waals surface area (Å²) in [5, 5.41) is 2.88. The van der Waals surface area contributed by atoms with E-state index in [4.69, 9.17) is 0 Å². The molecule has 0 radical (unpaired) electrons. The van der Waals surface area contributed by atoms with Gasteiger partial charge in [-0.15, -0.1) is 0 Å². The number of nitrogens with one attached hydrogen (secondary N) is 1. The molecule has 3 aromatic carbocycles. The molecule has 3 rings (SSSR count). The Morgan fingerprint density at radius 3 is 2.22 bits per heavy atom. The summed E-state index contributed by atoms with van der Waals surface area (Å²) in [4.78, 5) is 12.4. The predicted molar refractivity (Wildman–Crippen MR) is 129 cm³/mol. The molecule has 0 spiro atoms. The number of hydrogen-bond donors (Lipinski definition) is 1. The molecule has 0 aliphatic heterocycles. The summed E-state index contributed by atoms with van der Waals surface area (Å²) in [6, 6.07) is 22.2. The average molecular weight is 473 g/mol. The van der Waals surface area contributed by atoms with Gasteiger partial charge >= 0.3 is 0 Å². The fourth-order valence-electron chi connectivity index (χ4n) is 3.04. The maximum atomic E-state index is 13.1. The van der Waals surface area contributed by atoms with Crippen LogP contribution < -0.4 is 9.62 Å². The first-order valence-electron chi connectivity index (χ1n) is 10.0. The number of anilines is 1. The van der Waals surface area contributed by atoms with E-state index in [1.165, 1.54) is 22.0 Å². The van der Waals surface area contributed by atoms with Gasteiger partial charge < -0.3 is 5.32 Å². The number of amides is 1. The fourth-order valence-corrected chi connectivity index (χ4v) is 4.74. The number of nitrogens with zero attached hydrogens (tertiary/aromatic N) is 1. The van der Waals surface area contributed by atoms with Gasteiger partial charge in [0.15, 0.2) is 0 Å². The summed E-state index contributed by atoms with van der Waals surface area (Å²) in [5.41, 5.74) is 2.80. The van der Waals surface area contributed by atoms with E-state index in [1.807, 2.05) is 18.2 Å². The van der Waals surface area contributed by atoms with Crippen LogP contribution in [-0.4, -0.2) is 32.9 Å². The van der Waals surface area contributed by atoms with Crippen LogP contribution in [0.2, 0.25) is 0 Å². The zero-order valence-electron chi connectivity index (χ0n) is 17.7. The maximum absolute atomic E-state index is 13.1. The number of hydrogen-bond acceptors (Lipinski definition) is 4. The van der Waals surface area contributed by atoms with Gasteiger partial charge in [-0.05, 0) is 47.5 Å². The van der Waals surface area contributed by atoms with Crippen LogP contribution in [0.25, 0.3) is 0 Å². The summed E-state index contributed by atoms with van der Waals surface area (Å²) >= 11 is 1.74. The van der Waals surface area contributed by atoms with E-state index in [9.17, 15) is 17.6 Å². The van der Waals surface area contributed by atoms with Gasteiger partial charge in [0.05, 0.1) is 18.5 Å². The van der Waals surface area contributed by atoms with Crippen LogP contribution in [0.5, 0.6) is 0 Å². The topological polar surface area (TPSA) is 66.5 Å². The first kappa shape index (κ1) is 23.8. The summed E-state index contributed by atoms with van der Waals surface area (Å²) in [5.74, 6) is 1.09. The third-order valence-electron chi connectivity index (χ3n) is 4.70. The van der Waals surface area contributed by atoms with Crippen molar-refractivity contribution in [3.8, 4) is 0 Å². The highest BCUT2D eigenvalue weighted by Crippen LogP contribution is 2.21. The van der Waals surface area contributed by atoms with Crippen molar-refractivity contribution >= 4 is 33.4 Å². The monoisotopic (exact) mass is 472 g/mol. The van der Waals surface area contributed by atoms with Crippen molar-refractivity contribution in [1.82, 2.24) is 5.32 Å². The van der Waals surface area contributed by atoms with E-state index in [1.54, 1.807) is 48.2 Å². The second-order valence-corrected chi connectivity index (χ2v) is 10.2. The highest BCUT2D eigenvalue weighted by molar-refractivity contribution is 7.98. The minimum Gasteiger partial charge on any atom is -0.351 e. The molecule has 0 aromatic heterocycles. The fraction of sp³-hybridized carbons (Fsp3) is 0.208. The molecule has 32 heavy (non-hydrogen) atoms. The maximum Gasteiger partial charge on any atom is 0.251 e. The Hall–Kier alpha value is -2.84. The van der Waals surface area contributed by atoms with Gasteiger partial charge in [-0.25, -0.2) is 12.8 Å². The molecule has 8 heteroatoms. The van der Waals surface area contributed by atoms with E-state index in [0.29, 0.717) is 23.4 Å². The smallest absolute Gasteiger partial charge is 0.251 e. The lowest BCUT2D eigenvalue weighted by Gasteiger charge is -2.22. The molecule has 1 N–H and O–H groups in total. The van der Waals surface area contributed by atoms with Crippen LogP contribution in [0, 0.1) is 5.82 Å².